The van der Waals surface area contributed by atoms with Gasteiger partial charge in [-0.2, -0.15) is 0 Å². The predicted octanol–water partition coefficient (Wildman–Crippen LogP) is 0.283. The zero-order chi connectivity index (χ0) is 7.11. The van der Waals surface area contributed by atoms with Crippen LogP contribution in [0.5, 0.6) is 0 Å². The second-order valence-corrected chi connectivity index (χ2v) is 1.37. The maximum absolute atomic E-state index is 10.5. The summed E-state index contributed by atoms with van der Waals surface area (Å²) in [7, 11) is 1.72. The Morgan fingerprint density at radius 2 is 2.44 bits per heavy atom. The summed E-state index contributed by atoms with van der Waals surface area (Å²) in [5, 5.41) is 2.68. The number of carbonyl (C=O) groups excluding carboxylic acids is 1. The molecule has 0 bridgehead atoms. The van der Waals surface area contributed by atoms with Crippen LogP contribution in [0.3, 0.4) is 0 Å². The molecule has 0 aliphatic heterocycles. The normalized spacial score (nSPS) is 9.56. The summed E-state index contributed by atoms with van der Waals surface area (Å²) in [6, 6.07) is 0. The Hall–Kier alpha value is -0.990. The summed E-state index contributed by atoms with van der Waals surface area (Å²) in [5.41, 5.74) is 0. The average molecular weight is 129 g/mol. The molecule has 0 aromatic rings. The van der Waals surface area contributed by atoms with E-state index in [-0.39, 0.29) is 5.97 Å². The molecule has 3 heteroatoms. The third kappa shape index (κ3) is 4.87. The minimum atomic E-state index is -0.313. The number of esters is 1. The Bertz CT molecular complexity index is 110. The highest BCUT2D eigenvalue weighted by Gasteiger charge is 1.89. The molecule has 0 saturated carbocycles. The fourth-order valence-electron chi connectivity index (χ4n) is 0.342. The molecule has 3 nitrogen and oxygen atoms in total. The molecule has 0 aromatic carbocycles. The first kappa shape index (κ1) is 8.01. The number of hydrogen-bond donors (Lipinski definition) is 1. The van der Waals surface area contributed by atoms with Gasteiger partial charge in [-0.1, -0.05) is 0 Å². The first-order valence-corrected chi connectivity index (χ1v) is 2.81. The van der Waals surface area contributed by atoms with E-state index in [0.29, 0.717) is 6.61 Å². The van der Waals surface area contributed by atoms with Crippen LogP contribution in [0.1, 0.15) is 6.92 Å². The van der Waals surface area contributed by atoms with Gasteiger partial charge in [-0.3, -0.25) is 0 Å². The van der Waals surface area contributed by atoms with E-state index in [1.165, 1.54) is 12.3 Å². The third-order valence-corrected chi connectivity index (χ3v) is 0.673. The monoisotopic (exact) mass is 129 g/mol. The molecule has 0 rings (SSSR count). The van der Waals surface area contributed by atoms with Crippen LogP contribution in [0, 0.1) is 0 Å². The van der Waals surface area contributed by atoms with Crippen LogP contribution in [-0.4, -0.2) is 19.6 Å². The van der Waals surface area contributed by atoms with Crippen LogP contribution in [0.15, 0.2) is 12.3 Å². The molecule has 0 fully saturated rings. The lowest BCUT2D eigenvalue weighted by atomic mass is 10.6. The number of ether oxygens (including phenoxy) is 1. The smallest absolute Gasteiger partial charge is 0.332 e. The molecule has 0 atom stereocenters. The molecule has 52 valence electrons. The topological polar surface area (TPSA) is 38.3 Å². The van der Waals surface area contributed by atoms with Gasteiger partial charge < -0.3 is 10.1 Å². The van der Waals surface area contributed by atoms with E-state index in [1.54, 1.807) is 14.0 Å². The van der Waals surface area contributed by atoms with Gasteiger partial charge >= 0.3 is 5.97 Å². The lowest BCUT2D eigenvalue weighted by Gasteiger charge is -1.93. The van der Waals surface area contributed by atoms with Crippen molar-refractivity contribution < 1.29 is 9.53 Å². The van der Waals surface area contributed by atoms with Crippen molar-refractivity contribution in [2.75, 3.05) is 13.7 Å². The summed E-state index contributed by atoms with van der Waals surface area (Å²) in [6.07, 6.45) is 2.86. The molecular formula is C6H11NO2. The SMILES string of the molecule is CCOC(=O)/C=C/NC. The highest BCUT2D eigenvalue weighted by Crippen LogP contribution is 1.77. The van der Waals surface area contributed by atoms with Crippen LogP contribution < -0.4 is 5.32 Å². The van der Waals surface area contributed by atoms with Gasteiger partial charge in [0.2, 0.25) is 0 Å². The van der Waals surface area contributed by atoms with Crippen molar-refractivity contribution in [2.24, 2.45) is 0 Å². The molecule has 0 spiro atoms. The first-order chi connectivity index (χ1) is 4.31. The standard InChI is InChI=1S/C6H11NO2/c1-3-9-6(8)4-5-7-2/h4-5,7H,3H2,1-2H3/b5-4+. The largest absolute Gasteiger partial charge is 0.463 e. The van der Waals surface area contributed by atoms with E-state index >= 15 is 0 Å². The van der Waals surface area contributed by atoms with Crippen molar-refractivity contribution >= 4 is 5.97 Å². The van der Waals surface area contributed by atoms with Gasteiger partial charge in [-0.15, -0.1) is 0 Å². The summed E-state index contributed by atoms with van der Waals surface area (Å²) < 4.78 is 4.58. The summed E-state index contributed by atoms with van der Waals surface area (Å²) in [4.78, 5) is 10.5. The first-order valence-electron chi connectivity index (χ1n) is 2.81. The fourth-order valence-corrected chi connectivity index (χ4v) is 0.342. The van der Waals surface area contributed by atoms with Gasteiger partial charge in [-0.25, -0.2) is 4.79 Å². The Morgan fingerprint density at radius 1 is 1.78 bits per heavy atom. The summed E-state index contributed by atoms with van der Waals surface area (Å²) in [6.45, 7) is 2.19. The molecule has 0 unspecified atom stereocenters. The van der Waals surface area contributed by atoms with Crippen molar-refractivity contribution in [1.29, 1.82) is 0 Å². The van der Waals surface area contributed by atoms with Gasteiger partial charge in [0.05, 0.1) is 6.61 Å². The summed E-state index contributed by atoms with van der Waals surface area (Å²) in [5.74, 6) is -0.313. The summed E-state index contributed by atoms with van der Waals surface area (Å²) >= 11 is 0. The molecule has 0 aliphatic rings. The Morgan fingerprint density at radius 3 is 2.89 bits per heavy atom. The van der Waals surface area contributed by atoms with Crippen LogP contribution in [-0.2, 0) is 9.53 Å². The number of carbonyl (C=O) groups is 1. The molecule has 0 aromatic heterocycles. The number of nitrogens with one attached hydrogen (secondary N) is 1. The number of rotatable bonds is 3. The molecule has 0 amide bonds. The van der Waals surface area contributed by atoms with Crippen LogP contribution in [0.2, 0.25) is 0 Å². The average Bonchev–Trinajstić information content (AvgIpc) is 1.85. The highest BCUT2D eigenvalue weighted by molar-refractivity contribution is 5.81. The lowest BCUT2D eigenvalue weighted by Crippen LogP contribution is -2.01. The quantitative estimate of drug-likeness (QED) is 0.439. The van der Waals surface area contributed by atoms with Gasteiger partial charge in [0.1, 0.15) is 0 Å². The van der Waals surface area contributed by atoms with Crippen LogP contribution in [0.4, 0.5) is 0 Å². The molecule has 0 heterocycles. The molecule has 1 N–H and O–H groups in total. The maximum atomic E-state index is 10.5. The minimum Gasteiger partial charge on any atom is -0.463 e. The van der Waals surface area contributed by atoms with Crippen molar-refractivity contribution in [3.8, 4) is 0 Å². The molecule has 9 heavy (non-hydrogen) atoms. The third-order valence-electron chi connectivity index (χ3n) is 0.673. The van der Waals surface area contributed by atoms with Crippen molar-refractivity contribution in [3.05, 3.63) is 12.3 Å². The highest BCUT2D eigenvalue weighted by atomic mass is 16.5. The van der Waals surface area contributed by atoms with Gasteiger partial charge in [0, 0.05) is 19.3 Å². The van der Waals surface area contributed by atoms with Crippen LogP contribution in [0.25, 0.3) is 0 Å². The molecular weight excluding hydrogens is 118 g/mol. The Balaban J connectivity index is 3.37. The van der Waals surface area contributed by atoms with Gasteiger partial charge in [-0.05, 0) is 6.92 Å². The van der Waals surface area contributed by atoms with E-state index in [9.17, 15) is 4.79 Å². The molecule has 0 aliphatic carbocycles. The minimum absolute atomic E-state index is 0.313. The zero-order valence-corrected chi connectivity index (χ0v) is 5.68. The lowest BCUT2D eigenvalue weighted by molar-refractivity contribution is -0.137. The van der Waals surface area contributed by atoms with E-state index in [0.717, 1.165) is 0 Å². The Kier molecular flexibility index (Phi) is 4.59. The zero-order valence-electron chi connectivity index (χ0n) is 5.68. The van der Waals surface area contributed by atoms with E-state index in [1.807, 2.05) is 0 Å². The van der Waals surface area contributed by atoms with E-state index < -0.39 is 0 Å². The van der Waals surface area contributed by atoms with Crippen molar-refractivity contribution in [3.63, 3.8) is 0 Å². The molecule has 0 saturated heterocycles. The van der Waals surface area contributed by atoms with Gasteiger partial charge in [0.25, 0.3) is 0 Å². The van der Waals surface area contributed by atoms with Crippen LogP contribution >= 0.6 is 0 Å². The van der Waals surface area contributed by atoms with Crippen molar-refractivity contribution in [1.82, 2.24) is 5.32 Å². The van der Waals surface area contributed by atoms with Gasteiger partial charge in [0.15, 0.2) is 0 Å². The second-order valence-electron chi connectivity index (χ2n) is 1.37. The predicted molar refractivity (Wildman–Crippen MR) is 34.8 cm³/mol. The van der Waals surface area contributed by atoms with E-state index in [2.05, 4.69) is 10.1 Å². The van der Waals surface area contributed by atoms with E-state index in [4.69, 9.17) is 0 Å². The Labute approximate surface area is 54.7 Å². The number of hydrogen-bond acceptors (Lipinski definition) is 3. The maximum Gasteiger partial charge on any atom is 0.332 e. The molecule has 0 radical (unpaired) electrons. The fraction of sp³-hybridized carbons (Fsp3) is 0.500. The van der Waals surface area contributed by atoms with Crippen molar-refractivity contribution in [2.45, 2.75) is 6.92 Å². The second kappa shape index (κ2) is 5.15.